The molecular formula is C7H3NO5-2. The van der Waals surface area contributed by atoms with Gasteiger partial charge in [0.1, 0.15) is 0 Å². The van der Waals surface area contributed by atoms with Crippen LogP contribution < -0.4 is 10.2 Å². The maximum atomic E-state index is 10.9. The number of carboxylic acid groups (broad SMARTS) is 1. The lowest BCUT2D eigenvalue weighted by atomic mass is 10.2. The van der Waals surface area contributed by atoms with E-state index in [9.17, 15) is 25.1 Å². The van der Waals surface area contributed by atoms with Crippen molar-refractivity contribution in [2.45, 2.75) is 0 Å². The van der Waals surface area contributed by atoms with E-state index in [1.54, 1.807) is 0 Å². The molecule has 0 aromatic heterocycles. The predicted octanol–water partition coefficient (Wildman–Crippen LogP) is -0.968. The van der Waals surface area contributed by atoms with Crippen molar-refractivity contribution in [3.8, 4) is 5.75 Å². The van der Waals surface area contributed by atoms with Crippen LogP contribution in [0.1, 0.15) is 10.4 Å². The second-order valence-corrected chi connectivity index (χ2v) is 2.23. The molecule has 0 spiro atoms. The number of nitrogens with zero attached hydrogens (tertiary/aromatic N) is 1. The molecule has 0 aliphatic heterocycles. The number of aromatic carboxylic acids is 1. The summed E-state index contributed by atoms with van der Waals surface area (Å²) in [5.41, 5.74) is -1.01. The van der Waals surface area contributed by atoms with Gasteiger partial charge in [0, 0.05) is 6.07 Å². The minimum absolute atomic E-state index is 0.365. The van der Waals surface area contributed by atoms with Gasteiger partial charge in [-0.05, 0) is 17.4 Å². The van der Waals surface area contributed by atoms with Crippen LogP contribution in [-0.2, 0) is 0 Å². The lowest BCUT2D eigenvalue weighted by Gasteiger charge is -2.09. The maximum absolute atomic E-state index is 10.9. The van der Waals surface area contributed by atoms with Crippen molar-refractivity contribution in [1.82, 2.24) is 0 Å². The lowest BCUT2D eigenvalue weighted by molar-refractivity contribution is -0.398. The number of carboxylic acids is 1. The van der Waals surface area contributed by atoms with Crippen molar-refractivity contribution in [3.05, 3.63) is 33.9 Å². The normalized spacial score (nSPS) is 9.54. The van der Waals surface area contributed by atoms with Crippen LogP contribution in [0.4, 0.5) is 5.69 Å². The third-order valence-electron chi connectivity index (χ3n) is 1.39. The Morgan fingerprint density at radius 1 is 1.38 bits per heavy atom. The van der Waals surface area contributed by atoms with Crippen LogP contribution in [0, 0.1) is 10.1 Å². The molecule has 0 bridgehead atoms. The average Bonchev–Trinajstić information content (AvgIpc) is 2.03. The van der Waals surface area contributed by atoms with Crippen molar-refractivity contribution in [3.63, 3.8) is 0 Å². The van der Waals surface area contributed by atoms with Gasteiger partial charge in [-0.3, -0.25) is 10.1 Å². The van der Waals surface area contributed by atoms with E-state index in [-0.39, 0.29) is 5.56 Å². The molecule has 0 amide bonds. The number of carbonyl (C=O) groups is 1. The van der Waals surface area contributed by atoms with E-state index in [0.717, 1.165) is 12.1 Å². The third-order valence-corrected chi connectivity index (χ3v) is 1.39. The van der Waals surface area contributed by atoms with Crippen molar-refractivity contribution in [2.24, 2.45) is 0 Å². The van der Waals surface area contributed by atoms with Gasteiger partial charge in [-0.1, -0.05) is 6.07 Å². The summed E-state index contributed by atoms with van der Waals surface area (Å²) in [5.74, 6) is -2.47. The maximum Gasteiger partial charge on any atom is 0.261 e. The number of benzene rings is 1. The van der Waals surface area contributed by atoms with E-state index in [4.69, 9.17) is 0 Å². The molecular weight excluding hydrogens is 178 g/mol. The van der Waals surface area contributed by atoms with Crippen LogP contribution >= 0.6 is 0 Å². The monoisotopic (exact) mass is 181 g/mol. The smallest absolute Gasteiger partial charge is 0.261 e. The zero-order chi connectivity index (χ0) is 10.0. The van der Waals surface area contributed by atoms with Crippen LogP contribution in [0.3, 0.4) is 0 Å². The third kappa shape index (κ3) is 1.73. The highest BCUT2D eigenvalue weighted by Gasteiger charge is 2.06. The molecule has 0 N–H and O–H groups in total. The highest BCUT2D eigenvalue weighted by Crippen LogP contribution is 2.22. The SMILES string of the molecule is O=C([O-])c1ccc([N+](=O)[O-])c([O-])c1. The molecule has 1 aromatic carbocycles. The molecule has 0 radical (unpaired) electrons. The quantitative estimate of drug-likeness (QED) is 0.431. The molecule has 13 heavy (non-hydrogen) atoms. The van der Waals surface area contributed by atoms with E-state index in [0.29, 0.717) is 6.07 Å². The second kappa shape index (κ2) is 3.10. The van der Waals surface area contributed by atoms with Gasteiger partial charge in [0.15, 0.2) is 0 Å². The molecule has 6 nitrogen and oxygen atoms in total. The van der Waals surface area contributed by atoms with Crippen LogP contribution in [0.5, 0.6) is 5.75 Å². The summed E-state index contributed by atoms with van der Waals surface area (Å²) >= 11 is 0. The number of carbonyl (C=O) groups excluding carboxylic acids is 1. The predicted molar refractivity (Wildman–Crippen MR) is 36.9 cm³/mol. The summed E-state index contributed by atoms with van der Waals surface area (Å²) in [5, 5.41) is 31.2. The summed E-state index contributed by atoms with van der Waals surface area (Å²) in [6.07, 6.45) is 0. The molecule has 0 atom stereocenters. The Labute approximate surface area is 72.2 Å². The molecule has 1 rings (SSSR count). The first kappa shape index (κ1) is 8.98. The molecule has 0 unspecified atom stereocenters. The average molecular weight is 181 g/mol. The first-order chi connectivity index (χ1) is 6.02. The van der Waals surface area contributed by atoms with Gasteiger partial charge in [0.2, 0.25) is 0 Å². The summed E-state index contributed by atoms with van der Waals surface area (Å²) in [6.45, 7) is 0. The number of nitro groups is 1. The molecule has 0 aliphatic carbocycles. The molecule has 6 heteroatoms. The summed E-state index contributed by atoms with van der Waals surface area (Å²) in [7, 11) is 0. The van der Waals surface area contributed by atoms with E-state index in [2.05, 4.69) is 0 Å². The van der Waals surface area contributed by atoms with Gasteiger partial charge in [-0.15, -0.1) is 0 Å². The fraction of sp³-hybridized carbons (Fsp3) is 0. The zero-order valence-electron chi connectivity index (χ0n) is 6.22. The summed E-state index contributed by atoms with van der Waals surface area (Å²) < 4.78 is 0. The Kier molecular flexibility index (Phi) is 2.14. The number of nitro benzene ring substituents is 1. The first-order valence-corrected chi connectivity index (χ1v) is 3.19. The van der Waals surface area contributed by atoms with Gasteiger partial charge in [0.25, 0.3) is 5.69 Å². The standard InChI is InChI=1S/C7H5NO5/c9-6-3-4(7(10)11)1-2-5(6)8(12)13/h1-3,9H,(H,10,11)/p-2. The van der Waals surface area contributed by atoms with E-state index < -0.39 is 22.3 Å². The van der Waals surface area contributed by atoms with Crippen LogP contribution in [0.15, 0.2) is 18.2 Å². The topological polar surface area (TPSA) is 106 Å². The van der Waals surface area contributed by atoms with Gasteiger partial charge in [0.05, 0.1) is 10.9 Å². The Bertz CT molecular complexity index is 373. The van der Waals surface area contributed by atoms with E-state index >= 15 is 0 Å². The Morgan fingerprint density at radius 2 is 2.00 bits per heavy atom. The fourth-order valence-electron chi connectivity index (χ4n) is 0.792. The Hall–Kier alpha value is -2.11. The van der Waals surface area contributed by atoms with Crippen molar-refractivity contribution < 1.29 is 19.9 Å². The second-order valence-electron chi connectivity index (χ2n) is 2.23. The Balaban J connectivity index is 3.20. The summed E-state index contributed by atoms with van der Waals surface area (Å²) in [6, 6.07) is 2.45. The van der Waals surface area contributed by atoms with E-state index in [1.165, 1.54) is 0 Å². The van der Waals surface area contributed by atoms with Crippen LogP contribution in [-0.4, -0.2) is 10.9 Å². The van der Waals surface area contributed by atoms with Gasteiger partial charge in [-0.25, -0.2) is 0 Å². The van der Waals surface area contributed by atoms with Crippen molar-refractivity contribution in [2.75, 3.05) is 0 Å². The molecule has 0 aliphatic rings. The van der Waals surface area contributed by atoms with Crippen molar-refractivity contribution in [1.29, 1.82) is 0 Å². The van der Waals surface area contributed by atoms with Crippen LogP contribution in [0.25, 0.3) is 0 Å². The highest BCUT2D eigenvalue weighted by atomic mass is 16.6. The van der Waals surface area contributed by atoms with E-state index in [1.807, 2.05) is 0 Å². The van der Waals surface area contributed by atoms with Gasteiger partial charge >= 0.3 is 0 Å². The largest absolute Gasteiger partial charge is 0.868 e. The Morgan fingerprint density at radius 3 is 2.38 bits per heavy atom. The highest BCUT2D eigenvalue weighted by molar-refractivity contribution is 5.86. The van der Waals surface area contributed by atoms with Gasteiger partial charge in [-0.2, -0.15) is 0 Å². The molecule has 0 heterocycles. The lowest BCUT2D eigenvalue weighted by Crippen LogP contribution is -2.22. The minimum atomic E-state index is -1.54. The molecule has 0 saturated heterocycles. The first-order valence-electron chi connectivity index (χ1n) is 3.19. The van der Waals surface area contributed by atoms with Crippen molar-refractivity contribution >= 4 is 11.7 Å². The summed E-state index contributed by atoms with van der Waals surface area (Å²) in [4.78, 5) is 19.5. The molecule has 1 aromatic rings. The molecule has 68 valence electrons. The number of rotatable bonds is 2. The fourth-order valence-corrected chi connectivity index (χ4v) is 0.792. The molecule has 0 saturated carbocycles. The van der Waals surface area contributed by atoms with Gasteiger partial charge < -0.3 is 15.0 Å². The zero-order valence-corrected chi connectivity index (χ0v) is 6.22. The molecule has 0 fully saturated rings. The number of hydrogen-bond acceptors (Lipinski definition) is 5. The minimum Gasteiger partial charge on any atom is -0.868 e. The van der Waals surface area contributed by atoms with Crippen LogP contribution in [0.2, 0.25) is 0 Å². The number of hydrogen-bond donors (Lipinski definition) is 0.